The van der Waals surface area contributed by atoms with Crippen molar-refractivity contribution in [3.05, 3.63) is 59.7 Å². The molecule has 4 rings (SSSR count). The van der Waals surface area contributed by atoms with Gasteiger partial charge in [0.1, 0.15) is 0 Å². The molecule has 1 aromatic heterocycles. The van der Waals surface area contributed by atoms with Gasteiger partial charge in [0.15, 0.2) is 5.13 Å². The number of aliphatic hydroxyl groups excluding tert-OH is 1. The van der Waals surface area contributed by atoms with Crippen LogP contribution in [0.15, 0.2) is 48.5 Å². The first-order valence-electron chi connectivity index (χ1n) is 8.85. The molecule has 1 saturated heterocycles. The van der Waals surface area contributed by atoms with Gasteiger partial charge in [0, 0.05) is 18.7 Å². The van der Waals surface area contributed by atoms with Crippen LogP contribution >= 0.6 is 11.3 Å². The summed E-state index contributed by atoms with van der Waals surface area (Å²) >= 11 is 1.58. The largest absolute Gasteiger partial charge is 0.394 e. The number of aromatic nitrogens is 1. The Morgan fingerprint density at radius 1 is 1.27 bits per heavy atom. The summed E-state index contributed by atoms with van der Waals surface area (Å²) in [6.07, 6.45) is 2.08. The number of nitrogens with zero attached hydrogens (tertiary/aromatic N) is 2. The third-order valence-electron chi connectivity index (χ3n) is 4.77. The standard InChI is InChI=1S/C20H21N3O2S/c24-13-16-7-4-10-23(16)20-22-17-9-8-15(11-18(17)26-20)19(25)21-12-14-5-2-1-3-6-14/h1-3,5-6,8-9,11,16,24H,4,7,10,12-13H2,(H,21,25). The smallest absolute Gasteiger partial charge is 0.251 e. The van der Waals surface area contributed by atoms with Crippen LogP contribution in [0.5, 0.6) is 0 Å². The van der Waals surface area contributed by atoms with Crippen molar-refractivity contribution in [2.45, 2.75) is 25.4 Å². The molecule has 0 spiro atoms. The molecule has 26 heavy (non-hydrogen) atoms. The maximum atomic E-state index is 12.5. The van der Waals surface area contributed by atoms with Gasteiger partial charge < -0.3 is 15.3 Å². The second kappa shape index (κ2) is 7.43. The Morgan fingerprint density at radius 2 is 2.12 bits per heavy atom. The SMILES string of the molecule is O=C(NCc1ccccc1)c1ccc2nc(N3CCCC3CO)sc2c1. The van der Waals surface area contributed by atoms with Crippen LogP contribution in [0.4, 0.5) is 5.13 Å². The Morgan fingerprint density at radius 3 is 2.92 bits per heavy atom. The van der Waals surface area contributed by atoms with Gasteiger partial charge in [-0.2, -0.15) is 0 Å². The van der Waals surface area contributed by atoms with Gasteiger partial charge in [-0.15, -0.1) is 0 Å². The van der Waals surface area contributed by atoms with Crippen LogP contribution in [0.3, 0.4) is 0 Å². The van der Waals surface area contributed by atoms with E-state index in [0.717, 1.165) is 40.3 Å². The number of thiazole rings is 1. The molecule has 1 unspecified atom stereocenters. The zero-order valence-corrected chi connectivity index (χ0v) is 15.2. The van der Waals surface area contributed by atoms with Crippen molar-refractivity contribution in [2.75, 3.05) is 18.1 Å². The number of rotatable bonds is 5. The zero-order valence-electron chi connectivity index (χ0n) is 14.4. The molecule has 0 saturated carbocycles. The average molecular weight is 367 g/mol. The lowest BCUT2D eigenvalue weighted by Crippen LogP contribution is -2.31. The zero-order chi connectivity index (χ0) is 17.9. The molecule has 1 amide bonds. The van der Waals surface area contributed by atoms with Gasteiger partial charge in [0.2, 0.25) is 0 Å². The van der Waals surface area contributed by atoms with Crippen LogP contribution < -0.4 is 10.2 Å². The molecule has 2 N–H and O–H groups in total. The summed E-state index contributed by atoms with van der Waals surface area (Å²) in [5.74, 6) is -0.0832. The average Bonchev–Trinajstić information content (AvgIpc) is 3.32. The quantitative estimate of drug-likeness (QED) is 0.727. The molecular weight excluding hydrogens is 346 g/mol. The highest BCUT2D eigenvalue weighted by atomic mass is 32.1. The number of amides is 1. The van der Waals surface area contributed by atoms with Crippen LogP contribution in [0, 0.1) is 0 Å². The van der Waals surface area contributed by atoms with Crippen LogP contribution in [0.2, 0.25) is 0 Å². The number of hydrogen-bond donors (Lipinski definition) is 2. The summed E-state index contributed by atoms with van der Waals surface area (Å²) in [4.78, 5) is 19.3. The van der Waals surface area contributed by atoms with E-state index in [9.17, 15) is 9.90 Å². The van der Waals surface area contributed by atoms with Crippen LogP contribution in [0.1, 0.15) is 28.8 Å². The molecular formula is C20H21N3O2S. The minimum absolute atomic E-state index is 0.0832. The molecule has 3 aromatic rings. The Bertz CT molecular complexity index is 910. The van der Waals surface area contributed by atoms with Crippen molar-refractivity contribution >= 4 is 32.6 Å². The minimum atomic E-state index is -0.0832. The summed E-state index contributed by atoms with van der Waals surface area (Å²) in [5.41, 5.74) is 2.61. The van der Waals surface area contributed by atoms with Crippen LogP contribution in [-0.4, -0.2) is 35.2 Å². The van der Waals surface area contributed by atoms with E-state index in [1.165, 1.54) is 0 Å². The van der Waals surface area contributed by atoms with E-state index in [0.29, 0.717) is 12.1 Å². The van der Waals surface area contributed by atoms with Crippen molar-refractivity contribution in [1.29, 1.82) is 0 Å². The maximum absolute atomic E-state index is 12.5. The molecule has 5 nitrogen and oxygen atoms in total. The van der Waals surface area contributed by atoms with E-state index in [4.69, 9.17) is 0 Å². The molecule has 2 heterocycles. The first kappa shape index (κ1) is 17.0. The van der Waals surface area contributed by atoms with Gasteiger partial charge in [-0.25, -0.2) is 4.98 Å². The molecule has 0 aliphatic carbocycles. The minimum Gasteiger partial charge on any atom is -0.394 e. The Hall–Kier alpha value is -2.44. The number of carbonyl (C=O) groups is 1. The predicted octanol–water partition coefficient (Wildman–Crippen LogP) is 3.19. The van der Waals surface area contributed by atoms with E-state index >= 15 is 0 Å². The lowest BCUT2D eigenvalue weighted by atomic mass is 10.2. The normalized spacial score (nSPS) is 17.0. The van der Waals surface area contributed by atoms with Crippen molar-refractivity contribution in [3.8, 4) is 0 Å². The van der Waals surface area contributed by atoms with Gasteiger partial charge in [-0.1, -0.05) is 41.7 Å². The summed E-state index contributed by atoms with van der Waals surface area (Å²) in [5, 5.41) is 13.4. The maximum Gasteiger partial charge on any atom is 0.251 e. The Kier molecular flexibility index (Phi) is 4.86. The summed E-state index contributed by atoms with van der Waals surface area (Å²) < 4.78 is 0.996. The second-order valence-electron chi connectivity index (χ2n) is 6.52. The van der Waals surface area contributed by atoms with Crippen LogP contribution in [0.25, 0.3) is 10.2 Å². The molecule has 1 fully saturated rings. The molecule has 134 valence electrons. The summed E-state index contributed by atoms with van der Waals surface area (Å²) in [6.45, 7) is 1.59. The number of carbonyl (C=O) groups excluding carboxylic acids is 1. The van der Waals surface area contributed by atoms with E-state index < -0.39 is 0 Å². The summed E-state index contributed by atoms with van der Waals surface area (Å²) in [6, 6.07) is 15.7. The number of aliphatic hydroxyl groups is 1. The number of fused-ring (bicyclic) bond motifs is 1. The molecule has 1 aliphatic rings. The van der Waals surface area contributed by atoms with Crippen molar-refractivity contribution < 1.29 is 9.90 Å². The topological polar surface area (TPSA) is 65.5 Å². The highest BCUT2D eigenvalue weighted by Gasteiger charge is 2.26. The number of hydrogen-bond acceptors (Lipinski definition) is 5. The van der Waals surface area contributed by atoms with Crippen molar-refractivity contribution in [1.82, 2.24) is 10.3 Å². The molecule has 0 radical (unpaired) electrons. The van der Waals surface area contributed by atoms with Crippen molar-refractivity contribution in [3.63, 3.8) is 0 Å². The fraction of sp³-hybridized carbons (Fsp3) is 0.300. The summed E-state index contributed by atoms with van der Waals surface area (Å²) in [7, 11) is 0. The molecule has 1 aliphatic heterocycles. The third-order valence-corrected chi connectivity index (χ3v) is 5.82. The fourth-order valence-corrected chi connectivity index (χ4v) is 4.44. The highest BCUT2D eigenvalue weighted by molar-refractivity contribution is 7.22. The van der Waals surface area contributed by atoms with Gasteiger partial charge in [-0.05, 0) is 36.6 Å². The highest BCUT2D eigenvalue weighted by Crippen LogP contribution is 2.33. The second-order valence-corrected chi connectivity index (χ2v) is 7.53. The molecule has 6 heteroatoms. The van der Waals surface area contributed by atoms with Gasteiger partial charge >= 0.3 is 0 Å². The first-order valence-corrected chi connectivity index (χ1v) is 9.66. The number of anilines is 1. The Balaban J connectivity index is 1.51. The van der Waals surface area contributed by atoms with Crippen molar-refractivity contribution in [2.24, 2.45) is 0 Å². The lowest BCUT2D eigenvalue weighted by Gasteiger charge is -2.21. The fourth-order valence-electron chi connectivity index (χ4n) is 3.33. The van der Waals surface area contributed by atoms with E-state index in [1.54, 1.807) is 11.3 Å². The third kappa shape index (κ3) is 3.43. The van der Waals surface area contributed by atoms with Gasteiger partial charge in [0.25, 0.3) is 5.91 Å². The molecule has 2 aromatic carbocycles. The van der Waals surface area contributed by atoms with Gasteiger partial charge in [0.05, 0.1) is 22.9 Å². The Labute approximate surface area is 156 Å². The number of nitrogens with one attached hydrogen (secondary N) is 1. The lowest BCUT2D eigenvalue weighted by molar-refractivity contribution is 0.0951. The first-order chi connectivity index (χ1) is 12.7. The molecule has 1 atom stereocenters. The number of benzene rings is 2. The predicted molar refractivity (Wildman–Crippen MR) is 105 cm³/mol. The van der Waals surface area contributed by atoms with E-state index in [-0.39, 0.29) is 18.6 Å². The molecule has 0 bridgehead atoms. The van der Waals surface area contributed by atoms with Crippen LogP contribution in [-0.2, 0) is 6.54 Å². The van der Waals surface area contributed by atoms with E-state index in [1.807, 2.05) is 48.5 Å². The van der Waals surface area contributed by atoms with Gasteiger partial charge in [-0.3, -0.25) is 4.79 Å². The monoisotopic (exact) mass is 367 g/mol. The van der Waals surface area contributed by atoms with E-state index in [2.05, 4.69) is 15.2 Å².